The number of halogens is 2. The topological polar surface area (TPSA) is 38.3 Å². The van der Waals surface area contributed by atoms with Crippen molar-refractivity contribution >= 4 is 23.3 Å². The number of benzene rings is 1. The summed E-state index contributed by atoms with van der Waals surface area (Å²) in [5.41, 5.74) is 0.581. The molecule has 0 aliphatic rings. The van der Waals surface area contributed by atoms with E-state index in [4.69, 9.17) is 11.6 Å². The molecule has 0 aliphatic carbocycles. The number of anilines is 1. The molecular formula is C11H13ClFNO2. The molecule has 0 spiro atoms. The van der Waals surface area contributed by atoms with E-state index in [0.29, 0.717) is 12.2 Å². The number of ether oxygens (including phenoxy) is 1. The fourth-order valence-electron chi connectivity index (χ4n) is 1.16. The van der Waals surface area contributed by atoms with E-state index in [9.17, 15) is 9.18 Å². The molecular weight excluding hydrogens is 233 g/mol. The van der Waals surface area contributed by atoms with Gasteiger partial charge in [-0.05, 0) is 18.2 Å². The van der Waals surface area contributed by atoms with Crippen LogP contribution in [0.1, 0.15) is 6.92 Å². The van der Waals surface area contributed by atoms with Crippen molar-refractivity contribution < 1.29 is 13.9 Å². The van der Waals surface area contributed by atoms with E-state index in [-0.39, 0.29) is 16.9 Å². The molecule has 0 saturated heterocycles. The molecule has 1 aromatic rings. The van der Waals surface area contributed by atoms with Gasteiger partial charge in [0.15, 0.2) is 0 Å². The second-order valence-corrected chi connectivity index (χ2v) is 3.84. The Labute approximate surface area is 98.5 Å². The number of carbonyl (C=O) groups excluding carboxylic acids is 1. The first-order chi connectivity index (χ1) is 7.54. The van der Waals surface area contributed by atoms with Gasteiger partial charge >= 0.3 is 5.97 Å². The van der Waals surface area contributed by atoms with Crippen molar-refractivity contribution in [2.75, 3.05) is 19.0 Å². The maximum absolute atomic E-state index is 13.1. The van der Waals surface area contributed by atoms with Crippen LogP contribution in [-0.4, -0.2) is 19.6 Å². The summed E-state index contributed by atoms with van der Waals surface area (Å²) in [6, 6.07) is 4.39. The molecule has 0 bridgehead atoms. The minimum atomic E-state index is -0.489. The quantitative estimate of drug-likeness (QED) is 0.829. The summed E-state index contributed by atoms with van der Waals surface area (Å²) >= 11 is 5.54. The third-order valence-electron chi connectivity index (χ3n) is 2.14. The van der Waals surface area contributed by atoms with Crippen molar-refractivity contribution in [2.45, 2.75) is 6.92 Å². The number of hydrogen-bond donors (Lipinski definition) is 1. The van der Waals surface area contributed by atoms with E-state index in [1.54, 1.807) is 13.0 Å². The standard InChI is InChI=1S/C11H13ClFNO2/c1-7(11(15)16-2)6-14-8-3-4-9(12)10(13)5-8/h3-5,7,14H,6H2,1-2H3. The molecule has 1 atom stereocenters. The van der Waals surface area contributed by atoms with E-state index in [0.717, 1.165) is 0 Å². The largest absolute Gasteiger partial charge is 0.469 e. The van der Waals surface area contributed by atoms with Crippen molar-refractivity contribution in [3.05, 3.63) is 29.0 Å². The molecule has 16 heavy (non-hydrogen) atoms. The molecule has 3 nitrogen and oxygen atoms in total. The van der Waals surface area contributed by atoms with Gasteiger partial charge in [0.05, 0.1) is 18.1 Å². The normalized spacial score (nSPS) is 12.0. The number of methoxy groups -OCH3 is 1. The first kappa shape index (κ1) is 12.8. The molecule has 1 unspecified atom stereocenters. The zero-order valence-corrected chi connectivity index (χ0v) is 9.84. The number of rotatable bonds is 4. The lowest BCUT2D eigenvalue weighted by molar-refractivity contribution is -0.144. The average molecular weight is 246 g/mol. The lowest BCUT2D eigenvalue weighted by Gasteiger charge is -2.11. The molecule has 0 aliphatic heterocycles. The van der Waals surface area contributed by atoms with Crippen LogP contribution in [0.4, 0.5) is 10.1 Å². The summed E-state index contributed by atoms with van der Waals surface area (Å²) in [5.74, 6) is -1.08. The Bertz CT molecular complexity index is 384. The van der Waals surface area contributed by atoms with Gasteiger partial charge in [-0.1, -0.05) is 18.5 Å². The monoisotopic (exact) mass is 245 g/mol. The third kappa shape index (κ3) is 3.38. The van der Waals surface area contributed by atoms with Crippen molar-refractivity contribution in [2.24, 2.45) is 5.92 Å². The number of carbonyl (C=O) groups is 1. The highest BCUT2D eigenvalue weighted by atomic mass is 35.5. The highest BCUT2D eigenvalue weighted by Gasteiger charge is 2.12. The molecule has 1 N–H and O–H groups in total. The molecule has 0 saturated carbocycles. The second kappa shape index (κ2) is 5.70. The number of hydrogen-bond acceptors (Lipinski definition) is 3. The smallest absolute Gasteiger partial charge is 0.310 e. The molecule has 0 amide bonds. The fraction of sp³-hybridized carbons (Fsp3) is 0.364. The Hall–Kier alpha value is -1.29. The van der Waals surface area contributed by atoms with E-state index in [2.05, 4.69) is 10.1 Å². The Morgan fingerprint density at radius 1 is 1.62 bits per heavy atom. The van der Waals surface area contributed by atoms with Gasteiger partial charge in [0.1, 0.15) is 5.82 Å². The zero-order chi connectivity index (χ0) is 12.1. The van der Waals surface area contributed by atoms with Gasteiger partial charge in [0.25, 0.3) is 0 Å². The average Bonchev–Trinajstić information content (AvgIpc) is 2.29. The van der Waals surface area contributed by atoms with Gasteiger partial charge in [0, 0.05) is 12.2 Å². The van der Waals surface area contributed by atoms with Crippen LogP contribution in [0.2, 0.25) is 5.02 Å². The Morgan fingerprint density at radius 2 is 2.31 bits per heavy atom. The van der Waals surface area contributed by atoms with Crippen LogP contribution < -0.4 is 5.32 Å². The fourth-order valence-corrected chi connectivity index (χ4v) is 1.28. The van der Waals surface area contributed by atoms with Crippen LogP contribution in [-0.2, 0) is 9.53 Å². The molecule has 1 rings (SSSR count). The summed E-state index contributed by atoms with van der Waals surface area (Å²) in [6.45, 7) is 2.11. The Balaban J connectivity index is 2.55. The first-order valence-electron chi connectivity index (χ1n) is 4.81. The summed E-state index contributed by atoms with van der Waals surface area (Å²) in [6.07, 6.45) is 0. The molecule has 0 heterocycles. The van der Waals surface area contributed by atoms with E-state index in [1.165, 1.54) is 19.2 Å². The van der Waals surface area contributed by atoms with E-state index in [1.807, 2.05) is 0 Å². The summed E-state index contributed by atoms with van der Waals surface area (Å²) in [4.78, 5) is 11.1. The van der Waals surface area contributed by atoms with Crippen LogP contribution in [0.15, 0.2) is 18.2 Å². The molecule has 0 fully saturated rings. The molecule has 1 aromatic carbocycles. The van der Waals surface area contributed by atoms with Crippen molar-refractivity contribution in [3.63, 3.8) is 0 Å². The minimum absolute atomic E-state index is 0.0755. The number of nitrogens with one attached hydrogen (secondary N) is 1. The summed E-state index contributed by atoms with van der Waals surface area (Å²) < 4.78 is 17.6. The highest BCUT2D eigenvalue weighted by Crippen LogP contribution is 2.18. The predicted molar refractivity (Wildman–Crippen MR) is 61.1 cm³/mol. The van der Waals surface area contributed by atoms with Gasteiger partial charge in [-0.25, -0.2) is 4.39 Å². The lowest BCUT2D eigenvalue weighted by atomic mass is 10.2. The lowest BCUT2D eigenvalue weighted by Crippen LogP contribution is -2.21. The predicted octanol–water partition coefficient (Wildman–Crippen LogP) is 2.70. The van der Waals surface area contributed by atoms with E-state index < -0.39 is 5.82 Å². The second-order valence-electron chi connectivity index (χ2n) is 3.43. The molecule has 88 valence electrons. The summed E-state index contributed by atoms with van der Waals surface area (Å²) in [7, 11) is 1.33. The Morgan fingerprint density at radius 3 is 2.88 bits per heavy atom. The van der Waals surface area contributed by atoms with Gasteiger partial charge in [-0.2, -0.15) is 0 Å². The van der Waals surface area contributed by atoms with Crippen molar-refractivity contribution in [1.82, 2.24) is 0 Å². The molecule has 0 radical (unpaired) electrons. The van der Waals surface area contributed by atoms with Crippen LogP contribution in [0.25, 0.3) is 0 Å². The maximum Gasteiger partial charge on any atom is 0.310 e. The minimum Gasteiger partial charge on any atom is -0.469 e. The number of esters is 1. The first-order valence-corrected chi connectivity index (χ1v) is 5.19. The van der Waals surface area contributed by atoms with Crippen LogP contribution in [0, 0.1) is 11.7 Å². The van der Waals surface area contributed by atoms with Gasteiger partial charge in [0.2, 0.25) is 0 Å². The van der Waals surface area contributed by atoms with Gasteiger partial charge in [-0.3, -0.25) is 4.79 Å². The molecule has 0 aromatic heterocycles. The van der Waals surface area contributed by atoms with Crippen molar-refractivity contribution in [1.29, 1.82) is 0 Å². The van der Waals surface area contributed by atoms with Gasteiger partial charge in [-0.15, -0.1) is 0 Å². The Kier molecular flexibility index (Phi) is 4.55. The SMILES string of the molecule is COC(=O)C(C)CNc1ccc(Cl)c(F)c1. The molecule has 5 heteroatoms. The zero-order valence-electron chi connectivity index (χ0n) is 9.09. The summed E-state index contributed by atoms with van der Waals surface area (Å²) in [5, 5.41) is 3.00. The van der Waals surface area contributed by atoms with E-state index >= 15 is 0 Å². The van der Waals surface area contributed by atoms with Crippen molar-refractivity contribution in [3.8, 4) is 0 Å². The highest BCUT2D eigenvalue weighted by molar-refractivity contribution is 6.30. The van der Waals surface area contributed by atoms with Crippen LogP contribution in [0.5, 0.6) is 0 Å². The van der Waals surface area contributed by atoms with Crippen LogP contribution in [0.3, 0.4) is 0 Å². The maximum atomic E-state index is 13.1. The third-order valence-corrected chi connectivity index (χ3v) is 2.44. The van der Waals surface area contributed by atoms with Crippen LogP contribution >= 0.6 is 11.6 Å². The van der Waals surface area contributed by atoms with Gasteiger partial charge < -0.3 is 10.1 Å².